The van der Waals surface area contributed by atoms with Crippen LogP contribution in [0.2, 0.25) is 0 Å². The number of ether oxygens (including phenoxy) is 3. The van der Waals surface area contributed by atoms with Gasteiger partial charge in [0.05, 0.1) is 39.1 Å². The average molecular weight is 345 g/mol. The van der Waals surface area contributed by atoms with E-state index < -0.39 is 0 Å². The molecule has 1 aromatic carbocycles. The summed E-state index contributed by atoms with van der Waals surface area (Å²) < 4.78 is 15.4. The highest BCUT2D eigenvalue weighted by molar-refractivity contribution is 5.92. The van der Waals surface area contributed by atoms with Crippen molar-refractivity contribution in [1.82, 2.24) is 4.98 Å². The zero-order valence-electron chi connectivity index (χ0n) is 14.7. The Labute approximate surface area is 147 Å². The Balaban J connectivity index is 1.91. The van der Waals surface area contributed by atoms with Gasteiger partial charge < -0.3 is 24.8 Å². The summed E-state index contributed by atoms with van der Waals surface area (Å²) in [6.45, 7) is 1.28. The molecule has 134 valence electrons. The molecule has 7 heteroatoms. The number of nitrogens with zero attached hydrogens (tertiary/aromatic N) is 1. The number of hydrogen-bond donors (Lipinski definition) is 2. The van der Waals surface area contributed by atoms with Crippen molar-refractivity contribution in [3.05, 3.63) is 42.1 Å². The quantitative estimate of drug-likeness (QED) is 0.679. The average Bonchev–Trinajstić information content (AvgIpc) is 2.63. The smallest absolute Gasteiger partial charge is 0.228 e. The van der Waals surface area contributed by atoms with E-state index in [0.29, 0.717) is 30.3 Å². The van der Waals surface area contributed by atoms with Crippen LogP contribution in [0.3, 0.4) is 0 Å². The summed E-state index contributed by atoms with van der Waals surface area (Å²) >= 11 is 0. The van der Waals surface area contributed by atoms with Gasteiger partial charge in [-0.1, -0.05) is 6.07 Å². The highest BCUT2D eigenvalue weighted by atomic mass is 16.5. The van der Waals surface area contributed by atoms with Crippen LogP contribution in [0, 0.1) is 0 Å². The number of aromatic nitrogens is 1. The van der Waals surface area contributed by atoms with E-state index >= 15 is 0 Å². The Kier molecular flexibility index (Phi) is 7.03. The van der Waals surface area contributed by atoms with Crippen molar-refractivity contribution in [1.29, 1.82) is 0 Å². The lowest BCUT2D eigenvalue weighted by atomic mass is 10.1. The number of methoxy groups -OCH3 is 3. The summed E-state index contributed by atoms with van der Waals surface area (Å²) in [4.78, 5) is 16.4. The Morgan fingerprint density at radius 3 is 2.52 bits per heavy atom. The number of benzene rings is 1. The minimum atomic E-state index is -0.130. The highest BCUT2D eigenvalue weighted by Gasteiger charge is 2.09. The second-order valence-electron chi connectivity index (χ2n) is 5.27. The number of nitrogens with one attached hydrogen (secondary N) is 2. The van der Waals surface area contributed by atoms with Gasteiger partial charge in [0.1, 0.15) is 5.82 Å². The van der Waals surface area contributed by atoms with Gasteiger partial charge in [-0.2, -0.15) is 0 Å². The van der Waals surface area contributed by atoms with Crippen LogP contribution in [-0.2, 0) is 16.0 Å². The number of hydrogen-bond acceptors (Lipinski definition) is 6. The molecule has 0 saturated heterocycles. The minimum absolute atomic E-state index is 0.130. The fraction of sp³-hybridized carbons (Fsp3) is 0.333. The zero-order valence-corrected chi connectivity index (χ0v) is 14.7. The van der Waals surface area contributed by atoms with Crippen LogP contribution in [0.1, 0.15) is 5.56 Å². The molecule has 0 spiro atoms. The van der Waals surface area contributed by atoms with Crippen molar-refractivity contribution in [3.8, 4) is 11.5 Å². The van der Waals surface area contributed by atoms with E-state index in [1.165, 1.54) is 0 Å². The monoisotopic (exact) mass is 345 g/mol. The van der Waals surface area contributed by atoms with Crippen molar-refractivity contribution in [3.63, 3.8) is 0 Å². The molecule has 0 atom stereocenters. The predicted octanol–water partition coefficient (Wildman–Crippen LogP) is 2.34. The lowest BCUT2D eigenvalue weighted by Crippen LogP contribution is -2.15. The van der Waals surface area contributed by atoms with Crippen molar-refractivity contribution in [2.75, 3.05) is 45.1 Å². The van der Waals surface area contributed by atoms with E-state index in [0.717, 1.165) is 11.4 Å². The standard InChI is InChI=1S/C18H23N3O4/c1-23-9-8-19-17-7-5-14(12-20-17)21-18(22)11-13-4-6-15(24-2)16(10-13)25-3/h4-7,10,12H,8-9,11H2,1-3H3,(H,19,20)(H,21,22). The first-order chi connectivity index (χ1) is 12.2. The molecule has 0 aliphatic rings. The van der Waals surface area contributed by atoms with Crippen molar-refractivity contribution in [2.45, 2.75) is 6.42 Å². The second-order valence-corrected chi connectivity index (χ2v) is 5.27. The van der Waals surface area contributed by atoms with Gasteiger partial charge in [-0.25, -0.2) is 4.98 Å². The molecule has 25 heavy (non-hydrogen) atoms. The van der Waals surface area contributed by atoms with Gasteiger partial charge in [-0.15, -0.1) is 0 Å². The van der Waals surface area contributed by atoms with Gasteiger partial charge in [0.2, 0.25) is 5.91 Å². The van der Waals surface area contributed by atoms with Crippen LogP contribution >= 0.6 is 0 Å². The molecule has 2 rings (SSSR count). The van der Waals surface area contributed by atoms with Crippen molar-refractivity contribution in [2.24, 2.45) is 0 Å². The summed E-state index contributed by atoms with van der Waals surface area (Å²) in [7, 11) is 4.78. The Bertz CT molecular complexity index is 689. The van der Waals surface area contributed by atoms with Gasteiger partial charge in [0, 0.05) is 13.7 Å². The topological polar surface area (TPSA) is 81.7 Å². The lowest BCUT2D eigenvalue weighted by molar-refractivity contribution is -0.115. The van der Waals surface area contributed by atoms with Gasteiger partial charge in [-0.05, 0) is 29.8 Å². The fourth-order valence-electron chi connectivity index (χ4n) is 2.23. The van der Waals surface area contributed by atoms with Gasteiger partial charge in [0.25, 0.3) is 0 Å². The van der Waals surface area contributed by atoms with Gasteiger partial charge in [-0.3, -0.25) is 4.79 Å². The lowest BCUT2D eigenvalue weighted by Gasteiger charge is -2.10. The first-order valence-corrected chi connectivity index (χ1v) is 7.86. The molecule has 0 unspecified atom stereocenters. The first-order valence-electron chi connectivity index (χ1n) is 7.86. The van der Waals surface area contributed by atoms with Crippen molar-refractivity contribution >= 4 is 17.4 Å². The molecule has 0 radical (unpaired) electrons. The molecular weight excluding hydrogens is 322 g/mol. The second kappa shape index (κ2) is 9.48. The van der Waals surface area contributed by atoms with Crippen molar-refractivity contribution < 1.29 is 19.0 Å². The van der Waals surface area contributed by atoms with E-state index in [2.05, 4.69) is 15.6 Å². The summed E-state index contributed by atoms with van der Waals surface area (Å²) in [6.07, 6.45) is 1.84. The fourth-order valence-corrected chi connectivity index (χ4v) is 2.23. The maximum absolute atomic E-state index is 12.2. The number of anilines is 2. The maximum atomic E-state index is 12.2. The normalized spacial score (nSPS) is 10.2. The SMILES string of the molecule is COCCNc1ccc(NC(=O)Cc2ccc(OC)c(OC)c2)cn1. The number of carbonyl (C=O) groups is 1. The molecule has 0 saturated carbocycles. The van der Waals surface area contributed by atoms with E-state index in [1.54, 1.807) is 45.7 Å². The summed E-state index contributed by atoms with van der Waals surface area (Å²) in [5.74, 6) is 1.83. The molecule has 0 aliphatic heterocycles. The number of pyridine rings is 1. The summed E-state index contributed by atoms with van der Waals surface area (Å²) in [6, 6.07) is 9.02. The Morgan fingerprint density at radius 1 is 1.08 bits per heavy atom. The Morgan fingerprint density at radius 2 is 1.88 bits per heavy atom. The van der Waals surface area contributed by atoms with Crippen LogP contribution in [0.25, 0.3) is 0 Å². The molecule has 1 amide bonds. The molecule has 0 aliphatic carbocycles. The third kappa shape index (κ3) is 5.65. The van der Waals surface area contributed by atoms with E-state index in [9.17, 15) is 4.79 Å². The molecule has 1 aromatic heterocycles. The van der Waals surface area contributed by atoms with E-state index in [4.69, 9.17) is 14.2 Å². The number of amides is 1. The first kappa shape index (κ1) is 18.5. The number of rotatable bonds is 9. The van der Waals surface area contributed by atoms with Crippen LogP contribution in [0.15, 0.2) is 36.5 Å². The molecule has 1 heterocycles. The summed E-state index contributed by atoms with van der Waals surface area (Å²) in [5.41, 5.74) is 1.48. The highest BCUT2D eigenvalue weighted by Crippen LogP contribution is 2.27. The van der Waals surface area contributed by atoms with E-state index in [1.807, 2.05) is 12.1 Å². The zero-order chi connectivity index (χ0) is 18.1. The largest absolute Gasteiger partial charge is 0.493 e. The summed E-state index contributed by atoms with van der Waals surface area (Å²) in [5, 5.41) is 5.94. The van der Waals surface area contributed by atoms with Crippen LogP contribution in [0.5, 0.6) is 11.5 Å². The van der Waals surface area contributed by atoms with Crippen LogP contribution < -0.4 is 20.1 Å². The molecule has 7 nitrogen and oxygen atoms in total. The third-order valence-electron chi connectivity index (χ3n) is 3.47. The molecular formula is C18H23N3O4. The molecule has 0 fully saturated rings. The van der Waals surface area contributed by atoms with Gasteiger partial charge >= 0.3 is 0 Å². The van der Waals surface area contributed by atoms with E-state index in [-0.39, 0.29) is 12.3 Å². The maximum Gasteiger partial charge on any atom is 0.228 e. The van der Waals surface area contributed by atoms with Gasteiger partial charge in [0.15, 0.2) is 11.5 Å². The van der Waals surface area contributed by atoms with Crippen LogP contribution in [-0.4, -0.2) is 45.4 Å². The predicted molar refractivity (Wildman–Crippen MR) is 96.5 cm³/mol. The van der Waals surface area contributed by atoms with Crippen LogP contribution in [0.4, 0.5) is 11.5 Å². The third-order valence-corrected chi connectivity index (χ3v) is 3.47. The number of carbonyl (C=O) groups excluding carboxylic acids is 1. The molecule has 0 bridgehead atoms. The molecule has 2 N–H and O–H groups in total. The molecule has 2 aromatic rings. The Hall–Kier alpha value is -2.80. The minimum Gasteiger partial charge on any atom is -0.493 e.